The Balaban J connectivity index is 1.47. The average molecular weight is 563 g/mol. The van der Waals surface area contributed by atoms with Crippen LogP contribution in [0.2, 0.25) is 0 Å². The molecule has 13 heteroatoms. The summed E-state index contributed by atoms with van der Waals surface area (Å²) in [4.78, 5) is 43.3. The van der Waals surface area contributed by atoms with Gasteiger partial charge in [0, 0.05) is 18.1 Å². The van der Waals surface area contributed by atoms with Crippen LogP contribution >= 0.6 is 11.3 Å². The van der Waals surface area contributed by atoms with E-state index in [0.29, 0.717) is 23.8 Å². The second kappa shape index (κ2) is 11.6. The van der Waals surface area contributed by atoms with Gasteiger partial charge in [-0.25, -0.2) is 13.4 Å². The van der Waals surface area contributed by atoms with Gasteiger partial charge in [-0.15, -0.1) is 11.3 Å². The van der Waals surface area contributed by atoms with Gasteiger partial charge in [0.25, 0.3) is 15.9 Å². The highest BCUT2D eigenvalue weighted by Gasteiger charge is 2.35. The van der Waals surface area contributed by atoms with Crippen molar-refractivity contribution in [3.63, 3.8) is 0 Å². The van der Waals surface area contributed by atoms with Crippen molar-refractivity contribution in [3.05, 3.63) is 41.6 Å². The maximum absolute atomic E-state index is 13.3. The second-order valence-corrected chi connectivity index (χ2v) is 12.4. The normalized spacial score (nSPS) is 17.8. The first-order valence-corrected chi connectivity index (χ1v) is 14.5. The average Bonchev–Trinajstić information content (AvgIpc) is 3.51. The van der Waals surface area contributed by atoms with Gasteiger partial charge in [-0.3, -0.25) is 14.4 Å². The van der Waals surface area contributed by atoms with Crippen molar-refractivity contribution >= 4 is 49.9 Å². The standard InChI is InChI=1S/C25H30N4O7S2/c1-15(2)13-18(28-24(32)22-21(35-3)16-7-4-5-9-20(16)36-22)23(31)27-17-8-6-11-29(14-19(17)30)38(33,34)25-26-10-12-37-25/h4-5,7,9-10,12,15,17-18H,6,8,11,13-14H2,1-3H3,(H,27,31)(H,28,32)/t17?,18-/m0/s1. The van der Waals surface area contributed by atoms with E-state index < -0.39 is 39.7 Å². The summed E-state index contributed by atoms with van der Waals surface area (Å²) in [6.07, 6.45) is 2.35. The third-order valence-corrected chi connectivity index (χ3v) is 9.22. The van der Waals surface area contributed by atoms with Crippen molar-refractivity contribution in [1.29, 1.82) is 0 Å². The van der Waals surface area contributed by atoms with Crippen LogP contribution in [0.1, 0.15) is 43.7 Å². The molecular weight excluding hydrogens is 532 g/mol. The Kier molecular flexibility index (Phi) is 8.48. The number of nitrogens with one attached hydrogen (secondary N) is 2. The summed E-state index contributed by atoms with van der Waals surface area (Å²) in [5.74, 6) is -1.31. The first kappa shape index (κ1) is 27.7. The SMILES string of the molecule is COc1c(C(=O)N[C@@H](CC(C)C)C(=O)NC2CCCN(S(=O)(=O)c3nccs3)CC2=O)oc2ccccc12. The molecule has 1 unspecified atom stereocenters. The molecule has 11 nitrogen and oxygen atoms in total. The molecule has 0 aliphatic carbocycles. The number of sulfonamides is 1. The van der Waals surface area contributed by atoms with Crippen molar-refractivity contribution < 1.29 is 32.0 Å². The van der Waals surface area contributed by atoms with E-state index in [9.17, 15) is 22.8 Å². The minimum atomic E-state index is -3.90. The van der Waals surface area contributed by atoms with Crippen molar-refractivity contribution in [2.24, 2.45) is 5.92 Å². The van der Waals surface area contributed by atoms with Gasteiger partial charge in [-0.1, -0.05) is 26.0 Å². The molecule has 38 heavy (non-hydrogen) atoms. The smallest absolute Gasteiger partial charge is 0.291 e. The van der Waals surface area contributed by atoms with Crippen LogP contribution in [0, 0.1) is 5.92 Å². The van der Waals surface area contributed by atoms with Crippen LogP contribution in [0.25, 0.3) is 11.0 Å². The molecule has 3 aromatic rings. The molecule has 3 heterocycles. The van der Waals surface area contributed by atoms with E-state index in [0.717, 1.165) is 15.6 Å². The molecule has 0 bridgehead atoms. The molecule has 1 fully saturated rings. The lowest BCUT2D eigenvalue weighted by Crippen LogP contribution is -2.52. The van der Waals surface area contributed by atoms with Crippen molar-refractivity contribution in [3.8, 4) is 5.75 Å². The lowest BCUT2D eigenvalue weighted by molar-refractivity contribution is -0.129. The van der Waals surface area contributed by atoms with E-state index in [1.807, 2.05) is 13.8 Å². The zero-order valence-corrected chi connectivity index (χ0v) is 22.9. The van der Waals surface area contributed by atoms with Gasteiger partial charge in [-0.05, 0) is 37.3 Å². The van der Waals surface area contributed by atoms with E-state index in [4.69, 9.17) is 9.15 Å². The summed E-state index contributed by atoms with van der Waals surface area (Å²) < 4.78 is 37.8. The summed E-state index contributed by atoms with van der Waals surface area (Å²) >= 11 is 0.982. The number of ether oxygens (including phenoxy) is 1. The van der Waals surface area contributed by atoms with Gasteiger partial charge in [-0.2, -0.15) is 4.31 Å². The molecule has 4 rings (SSSR count). The number of rotatable bonds is 9. The molecule has 0 saturated carbocycles. The third-order valence-electron chi connectivity index (χ3n) is 6.20. The highest BCUT2D eigenvalue weighted by atomic mass is 32.2. The zero-order valence-electron chi connectivity index (χ0n) is 21.3. The van der Waals surface area contributed by atoms with E-state index in [1.54, 1.807) is 29.6 Å². The molecular formula is C25H30N4O7S2. The summed E-state index contributed by atoms with van der Waals surface area (Å²) in [7, 11) is -2.46. The minimum absolute atomic E-state index is 0.0485. The number of carbonyl (C=O) groups excluding carboxylic acids is 3. The second-order valence-electron chi connectivity index (χ2n) is 9.42. The Morgan fingerprint density at radius 3 is 2.74 bits per heavy atom. The van der Waals surface area contributed by atoms with Gasteiger partial charge < -0.3 is 19.8 Å². The van der Waals surface area contributed by atoms with Gasteiger partial charge >= 0.3 is 0 Å². The molecule has 2 aromatic heterocycles. The Labute approximate surface area is 224 Å². The van der Waals surface area contributed by atoms with Gasteiger partial charge in [0.1, 0.15) is 11.6 Å². The van der Waals surface area contributed by atoms with Crippen LogP contribution in [0.3, 0.4) is 0 Å². The van der Waals surface area contributed by atoms with Gasteiger partial charge in [0.15, 0.2) is 11.5 Å². The molecule has 1 saturated heterocycles. The maximum atomic E-state index is 13.3. The fourth-order valence-corrected chi connectivity index (χ4v) is 6.79. The summed E-state index contributed by atoms with van der Waals surface area (Å²) in [5.41, 5.74) is 0.473. The van der Waals surface area contributed by atoms with E-state index in [1.165, 1.54) is 13.3 Å². The molecule has 2 atom stereocenters. The van der Waals surface area contributed by atoms with E-state index in [-0.39, 0.29) is 41.3 Å². The molecule has 204 valence electrons. The number of amides is 2. The quantitative estimate of drug-likeness (QED) is 0.404. The number of furan rings is 1. The van der Waals surface area contributed by atoms with E-state index in [2.05, 4.69) is 15.6 Å². The summed E-state index contributed by atoms with van der Waals surface area (Å²) in [6, 6.07) is 5.21. The maximum Gasteiger partial charge on any atom is 0.291 e. The number of thiazole rings is 1. The predicted molar refractivity (Wildman–Crippen MR) is 141 cm³/mol. The molecule has 2 amide bonds. The summed E-state index contributed by atoms with van der Waals surface area (Å²) in [6.45, 7) is 3.58. The van der Waals surface area contributed by atoms with Crippen LogP contribution < -0.4 is 15.4 Å². The van der Waals surface area contributed by atoms with Crippen LogP contribution in [0.5, 0.6) is 5.75 Å². The zero-order chi connectivity index (χ0) is 27.4. The summed E-state index contributed by atoms with van der Waals surface area (Å²) in [5, 5.41) is 7.64. The van der Waals surface area contributed by atoms with Crippen molar-refractivity contribution in [1.82, 2.24) is 19.9 Å². The Bertz CT molecular complexity index is 1420. The molecule has 0 spiro atoms. The lowest BCUT2D eigenvalue weighted by atomic mass is 10.0. The third kappa shape index (κ3) is 5.89. The van der Waals surface area contributed by atoms with Gasteiger partial charge in [0.05, 0.1) is 25.1 Å². The highest BCUT2D eigenvalue weighted by molar-refractivity contribution is 7.91. The molecule has 1 aromatic carbocycles. The molecule has 1 aliphatic heterocycles. The number of methoxy groups -OCH3 is 1. The first-order valence-electron chi connectivity index (χ1n) is 12.2. The number of fused-ring (bicyclic) bond motifs is 1. The molecule has 0 radical (unpaired) electrons. The van der Waals surface area contributed by atoms with Gasteiger partial charge in [0.2, 0.25) is 16.0 Å². The Hall–Kier alpha value is -3.29. The van der Waals surface area contributed by atoms with Crippen molar-refractivity contribution in [2.45, 2.75) is 49.5 Å². The Morgan fingerprint density at radius 2 is 2.05 bits per heavy atom. The predicted octanol–water partition coefficient (Wildman–Crippen LogP) is 2.58. The minimum Gasteiger partial charge on any atom is -0.492 e. The van der Waals surface area contributed by atoms with E-state index >= 15 is 0 Å². The number of hydrogen-bond donors (Lipinski definition) is 2. The number of nitrogens with zero attached hydrogens (tertiary/aromatic N) is 2. The number of ketones is 1. The fraction of sp³-hybridized carbons (Fsp3) is 0.440. The number of carbonyl (C=O) groups is 3. The topological polar surface area (TPSA) is 148 Å². The van der Waals surface area contributed by atoms with Crippen molar-refractivity contribution in [2.75, 3.05) is 20.2 Å². The number of aromatic nitrogens is 1. The van der Waals surface area contributed by atoms with Crippen LogP contribution in [0.4, 0.5) is 0 Å². The number of hydrogen-bond acceptors (Lipinski definition) is 9. The molecule has 1 aliphatic rings. The fourth-order valence-electron chi connectivity index (χ4n) is 4.37. The number of Topliss-reactive ketones (excluding diaryl/α,β-unsaturated/α-hetero) is 1. The highest BCUT2D eigenvalue weighted by Crippen LogP contribution is 2.32. The largest absolute Gasteiger partial charge is 0.492 e. The lowest BCUT2D eigenvalue weighted by Gasteiger charge is -2.23. The monoisotopic (exact) mass is 562 g/mol. The van der Waals surface area contributed by atoms with Crippen LogP contribution in [0.15, 0.2) is 44.6 Å². The Morgan fingerprint density at radius 1 is 1.29 bits per heavy atom. The number of para-hydroxylation sites is 1. The number of benzene rings is 1. The van der Waals surface area contributed by atoms with Crippen LogP contribution in [-0.2, 0) is 19.6 Å². The molecule has 2 N–H and O–H groups in total. The van der Waals surface area contributed by atoms with Crippen LogP contribution in [-0.4, -0.2) is 67.6 Å². The first-order chi connectivity index (χ1) is 18.1.